The zero-order chi connectivity index (χ0) is 26.5. The Morgan fingerprint density at radius 3 is 2.39 bits per heavy atom. The van der Waals surface area contributed by atoms with Gasteiger partial charge in [-0.3, -0.25) is 0 Å². The van der Waals surface area contributed by atoms with E-state index in [1.165, 1.54) is 0 Å². The maximum absolute atomic E-state index is 13.9. The van der Waals surface area contributed by atoms with Crippen LogP contribution in [-0.2, 0) is 29.5 Å². The molecule has 8 heteroatoms. The summed E-state index contributed by atoms with van der Waals surface area (Å²) in [5.41, 5.74) is 6.38. The molecule has 0 fully saturated rings. The monoisotopic (exact) mass is 529 g/mol. The van der Waals surface area contributed by atoms with Gasteiger partial charge in [0.2, 0.25) is 10.0 Å². The lowest BCUT2D eigenvalue weighted by Crippen LogP contribution is -2.47. The Labute approximate surface area is 225 Å². The van der Waals surface area contributed by atoms with E-state index in [0.29, 0.717) is 32.6 Å². The molecule has 1 N–H and O–H groups in total. The quantitative estimate of drug-likeness (QED) is 0.348. The second kappa shape index (κ2) is 11.5. The molecule has 4 aromatic rings. The predicted octanol–water partition coefficient (Wildman–Crippen LogP) is 4.40. The van der Waals surface area contributed by atoms with Crippen molar-refractivity contribution in [2.75, 3.05) is 37.8 Å². The van der Waals surface area contributed by atoms with Crippen molar-refractivity contribution in [3.05, 3.63) is 108 Å². The highest BCUT2D eigenvalue weighted by molar-refractivity contribution is 7.89. The Morgan fingerprint density at radius 1 is 0.974 bits per heavy atom. The van der Waals surface area contributed by atoms with Gasteiger partial charge in [-0.25, -0.2) is 13.4 Å². The molecule has 3 aromatic carbocycles. The summed E-state index contributed by atoms with van der Waals surface area (Å²) < 4.78 is 29.5. The molecule has 0 bridgehead atoms. The minimum Gasteiger partial charge on any atom is -0.364 e. The van der Waals surface area contributed by atoms with Crippen LogP contribution in [-0.4, -0.2) is 66.6 Å². The maximum atomic E-state index is 13.9. The van der Waals surface area contributed by atoms with E-state index in [0.717, 1.165) is 33.6 Å². The summed E-state index contributed by atoms with van der Waals surface area (Å²) >= 11 is 0. The molecule has 7 nitrogen and oxygen atoms in total. The van der Waals surface area contributed by atoms with E-state index >= 15 is 0 Å². The molecule has 1 atom stereocenters. The number of aromatic amines is 1. The first kappa shape index (κ1) is 26.2. The molecule has 0 amide bonds. The first-order chi connectivity index (χ1) is 18.4. The van der Waals surface area contributed by atoms with Crippen LogP contribution in [0.2, 0.25) is 0 Å². The summed E-state index contributed by atoms with van der Waals surface area (Å²) in [5.74, 6) is 0.0829. The summed E-state index contributed by atoms with van der Waals surface area (Å²) in [6, 6.07) is 26.6. The van der Waals surface area contributed by atoms with Crippen molar-refractivity contribution in [2.45, 2.75) is 25.6 Å². The Morgan fingerprint density at radius 2 is 1.71 bits per heavy atom. The van der Waals surface area contributed by atoms with Crippen LogP contribution in [0.4, 0.5) is 5.69 Å². The molecule has 0 aliphatic carbocycles. The third kappa shape index (κ3) is 6.15. The van der Waals surface area contributed by atoms with E-state index in [-0.39, 0.29) is 11.8 Å². The van der Waals surface area contributed by atoms with E-state index in [4.69, 9.17) is 0 Å². The number of H-pyrrole nitrogens is 1. The van der Waals surface area contributed by atoms with Gasteiger partial charge in [0.1, 0.15) is 0 Å². The van der Waals surface area contributed by atoms with Crippen molar-refractivity contribution < 1.29 is 8.42 Å². The van der Waals surface area contributed by atoms with Crippen LogP contribution in [0, 0.1) is 0 Å². The number of nitrogens with zero attached hydrogens (tertiary/aromatic N) is 4. The van der Waals surface area contributed by atoms with Crippen LogP contribution in [0.3, 0.4) is 0 Å². The molecule has 38 heavy (non-hydrogen) atoms. The number of anilines is 1. The van der Waals surface area contributed by atoms with E-state index < -0.39 is 10.0 Å². The second-order valence-electron chi connectivity index (χ2n) is 10.2. The highest BCUT2D eigenvalue weighted by Gasteiger charge is 2.35. The van der Waals surface area contributed by atoms with Gasteiger partial charge in [-0.05, 0) is 54.9 Å². The zero-order valence-electron chi connectivity index (χ0n) is 22.0. The SMILES string of the molecule is CN(C)CCS(=O)(=O)N1Cc2cc(-c3ccccc3)ccc2N(Cc2cnc[nH]2)C[C@H]1Cc1ccccc1. The number of aromatic nitrogens is 2. The Kier molecular flexibility index (Phi) is 7.93. The number of nitrogens with one attached hydrogen (secondary N) is 1. The molecule has 1 aliphatic rings. The third-order valence-electron chi connectivity index (χ3n) is 7.08. The summed E-state index contributed by atoms with van der Waals surface area (Å²) in [5, 5.41) is 0. The van der Waals surface area contributed by atoms with Crippen molar-refractivity contribution in [1.29, 1.82) is 0 Å². The highest BCUT2D eigenvalue weighted by Crippen LogP contribution is 2.34. The standard InChI is InChI=1S/C30H35N5O2S/c1-33(2)15-16-38(36,37)35-20-27-18-26(25-11-7-4-8-12-25)13-14-30(27)34(21-28-19-31-23-32-28)22-29(35)17-24-9-5-3-6-10-24/h3-14,18-19,23,29H,15-17,20-22H2,1-2H3,(H,31,32)/t29-/m1/s1. The van der Waals surface area contributed by atoms with Crippen molar-refractivity contribution in [2.24, 2.45) is 0 Å². The lowest BCUT2D eigenvalue weighted by atomic mass is 10.0. The van der Waals surface area contributed by atoms with E-state index in [1.54, 1.807) is 10.6 Å². The lowest BCUT2D eigenvalue weighted by molar-refractivity contribution is 0.314. The van der Waals surface area contributed by atoms with Gasteiger partial charge in [-0.2, -0.15) is 4.31 Å². The van der Waals surface area contributed by atoms with Crippen molar-refractivity contribution in [1.82, 2.24) is 19.2 Å². The zero-order valence-corrected chi connectivity index (χ0v) is 22.8. The Balaban J connectivity index is 1.59. The van der Waals surface area contributed by atoms with Crippen molar-refractivity contribution in [3.8, 4) is 11.1 Å². The van der Waals surface area contributed by atoms with Gasteiger partial charge >= 0.3 is 0 Å². The molecule has 0 unspecified atom stereocenters. The number of benzene rings is 3. The predicted molar refractivity (Wildman–Crippen MR) is 153 cm³/mol. The van der Waals surface area contributed by atoms with Crippen LogP contribution in [0.5, 0.6) is 0 Å². The molecule has 0 saturated heterocycles. The second-order valence-corrected chi connectivity index (χ2v) is 12.2. The summed E-state index contributed by atoms with van der Waals surface area (Å²) in [7, 11) is 0.288. The van der Waals surface area contributed by atoms with Gasteiger partial charge in [0, 0.05) is 37.6 Å². The van der Waals surface area contributed by atoms with Crippen molar-refractivity contribution in [3.63, 3.8) is 0 Å². The fourth-order valence-electron chi connectivity index (χ4n) is 5.09. The third-order valence-corrected chi connectivity index (χ3v) is 8.92. The van der Waals surface area contributed by atoms with Crippen LogP contribution in [0.25, 0.3) is 11.1 Å². The summed E-state index contributed by atoms with van der Waals surface area (Å²) in [6.45, 7) is 2.01. The maximum Gasteiger partial charge on any atom is 0.215 e. The Bertz CT molecular complexity index is 1420. The molecule has 198 valence electrons. The molecule has 0 radical (unpaired) electrons. The first-order valence-corrected chi connectivity index (χ1v) is 14.6. The summed E-state index contributed by atoms with van der Waals surface area (Å²) in [4.78, 5) is 11.7. The van der Waals surface area contributed by atoms with Gasteiger partial charge in [-0.15, -0.1) is 0 Å². The fourth-order valence-corrected chi connectivity index (χ4v) is 6.85. The van der Waals surface area contributed by atoms with Crippen LogP contribution < -0.4 is 4.90 Å². The molecule has 5 rings (SSSR count). The molecule has 1 aliphatic heterocycles. The lowest BCUT2D eigenvalue weighted by Gasteiger charge is -2.32. The molecular formula is C30H35N5O2S. The average Bonchev–Trinajstić information content (AvgIpc) is 3.38. The number of rotatable bonds is 9. The fraction of sp³-hybridized carbons (Fsp3) is 0.300. The molecule has 0 saturated carbocycles. The number of hydrogen-bond donors (Lipinski definition) is 1. The van der Waals surface area contributed by atoms with Gasteiger partial charge in [-0.1, -0.05) is 66.7 Å². The van der Waals surface area contributed by atoms with Crippen LogP contribution >= 0.6 is 0 Å². The van der Waals surface area contributed by atoms with E-state index in [9.17, 15) is 8.42 Å². The largest absolute Gasteiger partial charge is 0.364 e. The van der Waals surface area contributed by atoms with Crippen LogP contribution in [0.15, 0.2) is 91.4 Å². The van der Waals surface area contributed by atoms with Gasteiger partial charge in [0.05, 0.1) is 24.3 Å². The van der Waals surface area contributed by atoms with E-state index in [2.05, 4.69) is 57.3 Å². The first-order valence-electron chi connectivity index (χ1n) is 13.0. The normalized spacial score (nSPS) is 16.4. The number of imidazole rings is 1. The highest BCUT2D eigenvalue weighted by atomic mass is 32.2. The molecule has 0 spiro atoms. The average molecular weight is 530 g/mol. The van der Waals surface area contributed by atoms with Crippen LogP contribution in [0.1, 0.15) is 16.8 Å². The minimum absolute atomic E-state index is 0.0829. The number of sulfonamides is 1. The topological polar surface area (TPSA) is 72.5 Å². The Hall–Kier alpha value is -3.46. The minimum atomic E-state index is -3.53. The smallest absolute Gasteiger partial charge is 0.215 e. The molecular weight excluding hydrogens is 494 g/mol. The molecule has 2 heterocycles. The number of fused-ring (bicyclic) bond motifs is 1. The van der Waals surface area contributed by atoms with Crippen molar-refractivity contribution >= 4 is 15.7 Å². The van der Waals surface area contributed by atoms with E-state index in [1.807, 2.05) is 61.6 Å². The molecule has 1 aromatic heterocycles. The van der Waals surface area contributed by atoms with Gasteiger partial charge < -0.3 is 14.8 Å². The van der Waals surface area contributed by atoms with Gasteiger partial charge in [0.25, 0.3) is 0 Å². The number of hydrogen-bond acceptors (Lipinski definition) is 5. The van der Waals surface area contributed by atoms with Gasteiger partial charge in [0.15, 0.2) is 0 Å². The summed E-state index contributed by atoms with van der Waals surface area (Å²) in [6.07, 6.45) is 4.16.